The van der Waals surface area contributed by atoms with E-state index in [2.05, 4.69) is 23.5 Å². The highest BCUT2D eigenvalue weighted by Gasteiger charge is 2.16. The van der Waals surface area contributed by atoms with Crippen LogP contribution < -0.4 is 10.1 Å². The lowest BCUT2D eigenvalue weighted by atomic mass is 9.89. The van der Waals surface area contributed by atoms with E-state index in [9.17, 15) is 9.18 Å². The molecule has 1 unspecified atom stereocenters. The Morgan fingerprint density at radius 2 is 1.88 bits per heavy atom. The first kappa shape index (κ1) is 16.5. The molecule has 3 rings (SSSR count). The summed E-state index contributed by atoms with van der Waals surface area (Å²) < 4.78 is 18.6. The zero-order valence-corrected chi connectivity index (χ0v) is 14.1. The van der Waals surface area contributed by atoms with Crippen molar-refractivity contribution in [2.24, 2.45) is 0 Å². The second kappa shape index (κ2) is 7.04. The molecule has 1 amide bonds. The number of amides is 1. The zero-order valence-electron chi connectivity index (χ0n) is 14.1. The predicted octanol–water partition coefficient (Wildman–Crippen LogP) is 4.20. The van der Waals surface area contributed by atoms with Gasteiger partial charge in [0.2, 0.25) is 0 Å². The van der Waals surface area contributed by atoms with Crippen molar-refractivity contribution in [2.75, 3.05) is 7.11 Å². The number of benzene rings is 2. The van der Waals surface area contributed by atoms with E-state index in [0.717, 1.165) is 18.4 Å². The third kappa shape index (κ3) is 3.42. The smallest absolute Gasteiger partial charge is 0.251 e. The maximum absolute atomic E-state index is 13.8. The lowest BCUT2D eigenvalue weighted by molar-refractivity contribution is 0.0939. The Labute approximate surface area is 141 Å². The van der Waals surface area contributed by atoms with Crippen molar-refractivity contribution in [1.82, 2.24) is 5.32 Å². The second-order valence-electron chi connectivity index (χ2n) is 6.28. The van der Waals surface area contributed by atoms with Gasteiger partial charge in [-0.15, -0.1) is 0 Å². The molecule has 1 N–H and O–H groups in total. The van der Waals surface area contributed by atoms with Crippen LogP contribution in [0.2, 0.25) is 0 Å². The number of methoxy groups -OCH3 is 1. The monoisotopic (exact) mass is 327 g/mol. The highest BCUT2D eigenvalue weighted by Crippen LogP contribution is 2.25. The Balaban J connectivity index is 1.73. The molecule has 0 heterocycles. The molecule has 24 heavy (non-hydrogen) atoms. The van der Waals surface area contributed by atoms with Gasteiger partial charge in [0.15, 0.2) is 11.6 Å². The topological polar surface area (TPSA) is 38.3 Å². The van der Waals surface area contributed by atoms with Crippen LogP contribution in [0.25, 0.3) is 0 Å². The summed E-state index contributed by atoms with van der Waals surface area (Å²) in [7, 11) is 1.40. The SMILES string of the molecule is COc1ccc(C(=O)NC(C)c2ccc3c(c2)CCCC3)cc1F. The Morgan fingerprint density at radius 1 is 1.12 bits per heavy atom. The average molecular weight is 327 g/mol. The molecule has 2 aromatic rings. The van der Waals surface area contributed by atoms with E-state index in [0.29, 0.717) is 0 Å². The Morgan fingerprint density at radius 3 is 2.58 bits per heavy atom. The third-order valence-corrected chi connectivity index (χ3v) is 4.63. The quantitative estimate of drug-likeness (QED) is 0.914. The van der Waals surface area contributed by atoms with E-state index in [1.807, 2.05) is 6.92 Å². The largest absolute Gasteiger partial charge is 0.494 e. The van der Waals surface area contributed by atoms with Gasteiger partial charge in [0.05, 0.1) is 13.2 Å². The van der Waals surface area contributed by atoms with Crippen LogP contribution in [0.5, 0.6) is 5.75 Å². The molecule has 0 aliphatic heterocycles. The van der Waals surface area contributed by atoms with Gasteiger partial charge in [0.1, 0.15) is 0 Å². The van der Waals surface area contributed by atoms with Crippen LogP contribution in [0, 0.1) is 5.82 Å². The number of nitrogens with one attached hydrogen (secondary N) is 1. The molecular formula is C20H22FNO2. The van der Waals surface area contributed by atoms with Crippen LogP contribution in [0.3, 0.4) is 0 Å². The summed E-state index contributed by atoms with van der Waals surface area (Å²) >= 11 is 0. The molecule has 1 aliphatic rings. The normalized spacial score (nSPS) is 14.6. The van der Waals surface area contributed by atoms with Gasteiger partial charge < -0.3 is 10.1 Å². The van der Waals surface area contributed by atoms with Gasteiger partial charge in [-0.3, -0.25) is 4.79 Å². The predicted molar refractivity (Wildman–Crippen MR) is 91.9 cm³/mol. The molecule has 0 aromatic heterocycles. The van der Waals surface area contributed by atoms with Gasteiger partial charge >= 0.3 is 0 Å². The summed E-state index contributed by atoms with van der Waals surface area (Å²) in [6, 6.07) is 10.5. The number of aryl methyl sites for hydroxylation is 2. The Bertz CT molecular complexity index is 757. The highest BCUT2D eigenvalue weighted by molar-refractivity contribution is 5.94. The van der Waals surface area contributed by atoms with Crippen LogP contribution in [0.15, 0.2) is 36.4 Å². The van der Waals surface area contributed by atoms with E-state index >= 15 is 0 Å². The number of carbonyl (C=O) groups is 1. The van der Waals surface area contributed by atoms with Crippen LogP contribution in [-0.4, -0.2) is 13.0 Å². The molecule has 1 aliphatic carbocycles. The molecule has 3 nitrogen and oxygen atoms in total. The molecule has 4 heteroatoms. The van der Waals surface area contributed by atoms with Gasteiger partial charge in [0, 0.05) is 5.56 Å². The van der Waals surface area contributed by atoms with Crippen molar-refractivity contribution in [3.63, 3.8) is 0 Å². The minimum absolute atomic E-state index is 0.130. The lowest BCUT2D eigenvalue weighted by Crippen LogP contribution is -2.27. The zero-order chi connectivity index (χ0) is 17.1. The number of fused-ring (bicyclic) bond motifs is 1. The minimum atomic E-state index is -0.536. The summed E-state index contributed by atoms with van der Waals surface area (Å²) in [5.74, 6) is -0.692. The minimum Gasteiger partial charge on any atom is -0.494 e. The molecule has 0 fully saturated rings. The van der Waals surface area contributed by atoms with Crippen LogP contribution in [0.4, 0.5) is 4.39 Å². The number of halogens is 1. The molecule has 2 aromatic carbocycles. The molecule has 1 atom stereocenters. The summed E-state index contributed by atoms with van der Waals surface area (Å²) in [5.41, 5.74) is 4.17. The molecule has 0 radical (unpaired) electrons. The van der Waals surface area contributed by atoms with Gasteiger partial charge in [0.25, 0.3) is 5.91 Å². The fourth-order valence-electron chi connectivity index (χ4n) is 3.19. The summed E-state index contributed by atoms with van der Waals surface area (Å²) in [5, 5.41) is 2.94. The summed E-state index contributed by atoms with van der Waals surface area (Å²) in [6.07, 6.45) is 4.72. The first-order chi connectivity index (χ1) is 11.6. The van der Waals surface area contributed by atoms with Crippen molar-refractivity contribution in [2.45, 2.75) is 38.6 Å². The summed E-state index contributed by atoms with van der Waals surface area (Å²) in [4.78, 5) is 12.4. The molecular weight excluding hydrogens is 305 g/mol. The van der Waals surface area contributed by atoms with E-state index in [1.54, 1.807) is 6.07 Å². The first-order valence-electron chi connectivity index (χ1n) is 8.34. The number of ether oxygens (including phenoxy) is 1. The maximum Gasteiger partial charge on any atom is 0.251 e. The Hall–Kier alpha value is -2.36. The molecule has 0 bridgehead atoms. The molecule has 0 saturated heterocycles. The van der Waals surface area contributed by atoms with Gasteiger partial charge in [-0.1, -0.05) is 18.2 Å². The number of carbonyl (C=O) groups excluding carboxylic acids is 1. The standard InChI is InChI=1S/C20H22FNO2/c1-13(15-8-7-14-5-3-4-6-16(14)11-15)22-20(23)17-9-10-19(24-2)18(21)12-17/h7-13H,3-6H2,1-2H3,(H,22,23). The van der Waals surface area contributed by atoms with Gasteiger partial charge in [-0.2, -0.15) is 0 Å². The van der Waals surface area contributed by atoms with Gasteiger partial charge in [-0.05, 0) is 67.5 Å². The molecule has 0 spiro atoms. The van der Waals surface area contributed by atoms with Crippen molar-refractivity contribution < 1.29 is 13.9 Å². The molecule has 126 valence electrons. The van der Waals surface area contributed by atoms with E-state index < -0.39 is 5.82 Å². The number of hydrogen-bond donors (Lipinski definition) is 1. The lowest BCUT2D eigenvalue weighted by Gasteiger charge is -2.20. The van der Waals surface area contributed by atoms with Crippen molar-refractivity contribution >= 4 is 5.91 Å². The van der Waals surface area contributed by atoms with Crippen molar-refractivity contribution in [1.29, 1.82) is 0 Å². The highest BCUT2D eigenvalue weighted by atomic mass is 19.1. The third-order valence-electron chi connectivity index (χ3n) is 4.63. The fraction of sp³-hybridized carbons (Fsp3) is 0.350. The second-order valence-corrected chi connectivity index (χ2v) is 6.28. The van der Waals surface area contributed by atoms with Gasteiger partial charge in [-0.25, -0.2) is 4.39 Å². The average Bonchev–Trinajstić information content (AvgIpc) is 2.61. The van der Waals surface area contributed by atoms with E-state index in [1.165, 1.54) is 43.2 Å². The maximum atomic E-state index is 13.8. The van der Waals surface area contributed by atoms with Crippen molar-refractivity contribution in [3.8, 4) is 5.75 Å². The Kier molecular flexibility index (Phi) is 4.84. The van der Waals surface area contributed by atoms with Crippen LogP contribution in [-0.2, 0) is 12.8 Å². The van der Waals surface area contributed by atoms with E-state index in [-0.39, 0.29) is 23.3 Å². The van der Waals surface area contributed by atoms with E-state index in [4.69, 9.17) is 4.74 Å². The van der Waals surface area contributed by atoms with Crippen LogP contribution >= 0.6 is 0 Å². The number of hydrogen-bond acceptors (Lipinski definition) is 2. The van der Waals surface area contributed by atoms with Crippen molar-refractivity contribution in [3.05, 3.63) is 64.5 Å². The van der Waals surface area contributed by atoms with Crippen LogP contribution in [0.1, 0.15) is 52.9 Å². The molecule has 0 saturated carbocycles. The fourth-order valence-corrected chi connectivity index (χ4v) is 3.19. The number of rotatable bonds is 4. The first-order valence-corrected chi connectivity index (χ1v) is 8.34. The summed E-state index contributed by atoms with van der Waals surface area (Å²) in [6.45, 7) is 1.95.